The monoisotopic (exact) mass is 403 g/mol. The van der Waals surface area contributed by atoms with E-state index >= 15 is 0 Å². The maximum atomic E-state index is 13.7. The SMILES string of the molecule is CCOc1ccccc1N1C(=O)C(=O)N(CC(=O)Nc2cc(F)ccc2F)C1=O. The third kappa shape index (κ3) is 3.91. The number of carbonyl (C=O) groups is 4. The third-order valence-electron chi connectivity index (χ3n) is 3.96. The molecule has 8 nitrogen and oxygen atoms in total. The van der Waals surface area contributed by atoms with Crippen LogP contribution in [0.2, 0.25) is 0 Å². The molecule has 1 aliphatic heterocycles. The molecule has 0 aliphatic carbocycles. The highest BCUT2D eigenvalue weighted by Crippen LogP contribution is 2.31. The van der Waals surface area contributed by atoms with Crippen LogP contribution < -0.4 is 15.0 Å². The first-order chi connectivity index (χ1) is 13.8. The number of amides is 5. The standard InChI is InChI=1S/C19H15F2N3O5/c1-2-29-15-6-4-3-5-14(15)24-18(27)17(26)23(19(24)28)10-16(25)22-13-9-11(20)7-8-12(13)21/h3-9H,2,10H2,1H3,(H,22,25). The molecule has 29 heavy (non-hydrogen) atoms. The minimum absolute atomic E-state index is 0.0526. The van der Waals surface area contributed by atoms with Crippen molar-refractivity contribution >= 4 is 35.1 Å². The highest BCUT2D eigenvalue weighted by molar-refractivity contribution is 6.53. The number of nitrogens with one attached hydrogen (secondary N) is 1. The fourth-order valence-corrected chi connectivity index (χ4v) is 2.70. The second-order valence-electron chi connectivity index (χ2n) is 5.89. The van der Waals surface area contributed by atoms with Gasteiger partial charge in [-0.1, -0.05) is 12.1 Å². The topological polar surface area (TPSA) is 96.0 Å². The maximum Gasteiger partial charge on any atom is 0.339 e. The molecule has 0 bridgehead atoms. The smallest absolute Gasteiger partial charge is 0.339 e. The van der Waals surface area contributed by atoms with E-state index in [1.54, 1.807) is 19.1 Å². The van der Waals surface area contributed by atoms with Gasteiger partial charge in [-0.2, -0.15) is 0 Å². The number of halogens is 2. The Morgan fingerprint density at radius 1 is 1.07 bits per heavy atom. The molecular weight excluding hydrogens is 388 g/mol. The van der Waals surface area contributed by atoms with Crippen molar-refractivity contribution in [2.24, 2.45) is 0 Å². The van der Waals surface area contributed by atoms with E-state index in [1.807, 2.05) is 0 Å². The van der Waals surface area contributed by atoms with Crippen LogP contribution in [-0.4, -0.2) is 41.8 Å². The van der Waals surface area contributed by atoms with Gasteiger partial charge in [-0.25, -0.2) is 23.4 Å². The molecule has 0 spiro atoms. The van der Waals surface area contributed by atoms with Crippen LogP contribution in [-0.2, 0) is 14.4 Å². The van der Waals surface area contributed by atoms with Crippen molar-refractivity contribution < 1.29 is 32.7 Å². The molecule has 1 saturated heterocycles. The van der Waals surface area contributed by atoms with Crippen molar-refractivity contribution in [1.29, 1.82) is 0 Å². The number of anilines is 2. The number of hydrogen-bond donors (Lipinski definition) is 1. The van der Waals surface area contributed by atoms with Crippen molar-refractivity contribution in [2.45, 2.75) is 6.92 Å². The van der Waals surface area contributed by atoms with Crippen molar-refractivity contribution in [3.05, 3.63) is 54.1 Å². The Labute approximate surface area is 163 Å². The molecule has 1 fully saturated rings. The molecule has 0 saturated carbocycles. The molecule has 1 heterocycles. The van der Waals surface area contributed by atoms with Gasteiger partial charge in [-0.05, 0) is 31.2 Å². The van der Waals surface area contributed by atoms with E-state index in [2.05, 4.69) is 5.32 Å². The van der Waals surface area contributed by atoms with Gasteiger partial charge in [-0.15, -0.1) is 0 Å². The normalized spacial score (nSPS) is 13.8. The highest BCUT2D eigenvalue weighted by atomic mass is 19.1. The number of rotatable bonds is 6. The molecule has 10 heteroatoms. The van der Waals surface area contributed by atoms with Crippen LogP contribution >= 0.6 is 0 Å². The van der Waals surface area contributed by atoms with Crippen LogP contribution in [0.15, 0.2) is 42.5 Å². The first kappa shape index (κ1) is 19.9. The maximum absolute atomic E-state index is 13.7. The zero-order chi connectivity index (χ0) is 21.1. The summed E-state index contributed by atoms with van der Waals surface area (Å²) < 4.78 is 32.2. The fourth-order valence-electron chi connectivity index (χ4n) is 2.70. The Balaban J connectivity index is 1.80. The Morgan fingerprint density at radius 3 is 2.52 bits per heavy atom. The minimum atomic E-state index is -1.23. The number of urea groups is 1. The lowest BCUT2D eigenvalue weighted by Gasteiger charge is -2.18. The zero-order valence-corrected chi connectivity index (χ0v) is 15.1. The van der Waals surface area contributed by atoms with E-state index in [0.717, 1.165) is 18.2 Å². The Morgan fingerprint density at radius 2 is 1.79 bits per heavy atom. The van der Waals surface area contributed by atoms with Crippen LogP contribution in [0.25, 0.3) is 0 Å². The molecule has 0 atom stereocenters. The van der Waals surface area contributed by atoms with E-state index in [4.69, 9.17) is 4.74 Å². The minimum Gasteiger partial charge on any atom is -0.492 e. The van der Waals surface area contributed by atoms with Crippen molar-refractivity contribution in [1.82, 2.24) is 4.90 Å². The van der Waals surface area contributed by atoms with Crippen molar-refractivity contribution in [3.63, 3.8) is 0 Å². The molecular formula is C19H15F2N3O5. The molecule has 150 valence electrons. The van der Waals surface area contributed by atoms with E-state index in [-0.39, 0.29) is 18.0 Å². The Kier molecular flexibility index (Phi) is 5.53. The first-order valence-electron chi connectivity index (χ1n) is 8.50. The van der Waals surface area contributed by atoms with Gasteiger partial charge in [0.05, 0.1) is 18.0 Å². The first-order valence-corrected chi connectivity index (χ1v) is 8.50. The Hall–Kier alpha value is -3.82. The van der Waals surface area contributed by atoms with Gasteiger partial charge >= 0.3 is 17.8 Å². The molecule has 3 rings (SSSR count). The second-order valence-corrected chi connectivity index (χ2v) is 5.89. The van der Waals surface area contributed by atoms with E-state index in [9.17, 15) is 28.0 Å². The molecule has 0 radical (unpaired) electrons. The highest BCUT2D eigenvalue weighted by Gasteiger charge is 2.47. The molecule has 0 unspecified atom stereocenters. The summed E-state index contributed by atoms with van der Waals surface area (Å²) in [5.74, 6) is -4.85. The van der Waals surface area contributed by atoms with Crippen molar-refractivity contribution in [2.75, 3.05) is 23.4 Å². The average molecular weight is 403 g/mol. The van der Waals surface area contributed by atoms with Gasteiger partial charge in [0.2, 0.25) is 5.91 Å². The van der Waals surface area contributed by atoms with Crippen LogP contribution in [0.3, 0.4) is 0 Å². The lowest BCUT2D eigenvalue weighted by molar-refractivity contribution is -0.140. The summed E-state index contributed by atoms with van der Waals surface area (Å²) in [5, 5.41) is 2.07. The number of nitrogens with zero attached hydrogens (tertiary/aromatic N) is 2. The molecule has 1 N–H and O–H groups in total. The lowest BCUT2D eigenvalue weighted by Crippen LogP contribution is -2.39. The van der Waals surface area contributed by atoms with Crippen LogP contribution in [0.5, 0.6) is 5.75 Å². The summed E-state index contributed by atoms with van der Waals surface area (Å²) >= 11 is 0. The summed E-state index contributed by atoms with van der Waals surface area (Å²) in [4.78, 5) is 50.4. The Bertz CT molecular complexity index is 1010. The number of benzene rings is 2. The van der Waals surface area contributed by atoms with Gasteiger partial charge in [-0.3, -0.25) is 14.4 Å². The van der Waals surface area contributed by atoms with Crippen LogP contribution in [0.1, 0.15) is 6.92 Å². The average Bonchev–Trinajstić information content (AvgIpc) is 2.89. The molecule has 1 aliphatic rings. The van der Waals surface area contributed by atoms with Gasteiger partial charge in [0.1, 0.15) is 23.9 Å². The summed E-state index contributed by atoms with van der Waals surface area (Å²) in [6.45, 7) is 1.11. The van der Waals surface area contributed by atoms with E-state index in [0.29, 0.717) is 9.80 Å². The molecule has 2 aromatic carbocycles. The summed E-state index contributed by atoms with van der Waals surface area (Å²) in [6, 6.07) is 7.48. The molecule has 0 aromatic heterocycles. The predicted molar refractivity (Wildman–Crippen MR) is 97.2 cm³/mol. The molecule has 2 aromatic rings. The largest absolute Gasteiger partial charge is 0.492 e. The number of ether oxygens (including phenoxy) is 1. The predicted octanol–water partition coefficient (Wildman–Crippen LogP) is 2.30. The number of para-hydroxylation sites is 2. The van der Waals surface area contributed by atoms with Gasteiger partial charge in [0.25, 0.3) is 0 Å². The van der Waals surface area contributed by atoms with Crippen LogP contribution in [0.4, 0.5) is 25.0 Å². The zero-order valence-electron chi connectivity index (χ0n) is 15.1. The number of imide groups is 2. The van der Waals surface area contributed by atoms with E-state index < -0.39 is 47.6 Å². The summed E-state index contributed by atoms with van der Waals surface area (Å²) in [7, 11) is 0. The van der Waals surface area contributed by atoms with Gasteiger partial charge in [0.15, 0.2) is 0 Å². The fraction of sp³-hybridized carbons (Fsp3) is 0.158. The summed E-state index contributed by atoms with van der Waals surface area (Å²) in [5.41, 5.74) is -0.407. The van der Waals surface area contributed by atoms with Gasteiger partial charge < -0.3 is 10.1 Å². The quantitative estimate of drug-likeness (QED) is 0.590. The molecule has 5 amide bonds. The van der Waals surface area contributed by atoms with E-state index in [1.165, 1.54) is 12.1 Å². The third-order valence-corrected chi connectivity index (χ3v) is 3.96. The van der Waals surface area contributed by atoms with Gasteiger partial charge in [0, 0.05) is 6.07 Å². The second kappa shape index (κ2) is 8.05. The lowest BCUT2D eigenvalue weighted by atomic mass is 10.2. The van der Waals surface area contributed by atoms with Crippen molar-refractivity contribution in [3.8, 4) is 5.75 Å². The van der Waals surface area contributed by atoms with Crippen LogP contribution in [0, 0.1) is 11.6 Å². The number of hydrogen-bond acceptors (Lipinski definition) is 5. The number of carbonyl (C=O) groups excluding carboxylic acids is 4. The summed E-state index contributed by atoms with van der Waals surface area (Å²) in [6.07, 6.45) is 0.